The van der Waals surface area contributed by atoms with E-state index in [9.17, 15) is 0 Å². The maximum atomic E-state index is 6.56. The molecule has 3 aromatic rings. The van der Waals surface area contributed by atoms with Crippen molar-refractivity contribution in [2.24, 2.45) is 5.92 Å². The number of anilines is 1. The molecule has 2 atom stereocenters. The van der Waals surface area contributed by atoms with Crippen molar-refractivity contribution in [2.75, 3.05) is 18.8 Å². The van der Waals surface area contributed by atoms with Crippen LogP contribution in [0, 0.1) is 5.92 Å². The zero-order valence-corrected chi connectivity index (χ0v) is 17.4. The molecule has 4 heterocycles. The van der Waals surface area contributed by atoms with Gasteiger partial charge in [-0.1, -0.05) is 36.0 Å². The van der Waals surface area contributed by atoms with Gasteiger partial charge in [-0.2, -0.15) is 0 Å². The third kappa shape index (κ3) is 3.92. The van der Waals surface area contributed by atoms with Crippen molar-refractivity contribution in [1.29, 1.82) is 0 Å². The highest BCUT2D eigenvalue weighted by atomic mass is 32.2. The molecule has 3 aliphatic heterocycles. The van der Waals surface area contributed by atoms with E-state index in [1.165, 1.54) is 46.8 Å². The summed E-state index contributed by atoms with van der Waals surface area (Å²) in [4.78, 5) is 9.57. The molecule has 3 nitrogen and oxygen atoms in total. The molecule has 3 aliphatic rings. The van der Waals surface area contributed by atoms with E-state index in [2.05, 4.69) is 64.5 Å². The summed E-state index contributed by atoms with van der Waals surface area (Å²) in [5, 5.41) is 0. The normalized spacial score (nSPS) is 25.8. The molecule has 2 bridgehead atoms. The minimum atomic E-state index is 0.494. The molecule has 3 saturated heterocycles. The van der Waals surface area contributed by atoms with Crippen molar-refractivity contribution in [3.8, 4) is 0 Å². The van der Waals surface area contributed by atoms with Crippen LogP contribution in [0.25, 0.3) is 0 Å². The Balaban J connectivity index is 1.47. The van der Waals surface area contributed by atoms with Crippen molar-refractivity contribution in [2.45, 2.75) is 41.0 Å². The van der Waals surface area contributed by atoms with Gasteiger partial charge in [0.2, 0.25) is 0 Å². The molecule has 0 saturated carbocycles. The Labute approximate surface area is 177 Å². The van der Waals surface area contributed by atoms with Crippen LogP contribution in [-0.2, 0) is 6.42 Å². The molecule has 3 fully saturated rings. The Bertz CT molecular complexity index is 952. The molecule has 0 radical (unpaired) electrons. The van der Waals surface area contributed by atoms with Crippen LogP contribution < -0.4 is 5.73 Å². The number of hydrogen-bond acceptors (Lipinski definition) is 4. The summed E-state index contributed by atoms with van der Waals surface area (Å²) in [6.07, 6.45) is 7.49. The molecule has 0 aliphatic carbocycles. The van der Waals surface area contributed by atoms with Gasteiger partial charge in [-0.05, 0) is 85.8 Å². The van der Waals surface area contributed by atoms with Crippen molar-refractivity contribution in [1.82, 2.24) is 9.88 Å². The number of hydrogen-bond donors (Lipinski definition) is 1. The Morgan fingerprint density at radius 2 is 1.79 bits per heavy atom. The van der Waals surface area contributed by atoms with Crippen LogP contribution in [0.3, 0.4) is 0 Å². The summed E-state index contributed by atoms with van der Waals surface area (Å²) in [6, 6.07) is 22.0. The van der Waals surface area contributed by atoms with Crippen LogP contribution in [0.1, 0.15) is 29.9 Å². The molecular formula is C25H27N3S. The molecule has 0 amide bonds. The van der Waals surface area contributed by atoms with Gasteiger partial charge in [0.15, 0.2) is 0 Å². The van der Waals surface area contributed by atoms with Gasteiger partial charge in [0.1, 0.15) is 0 Å². The summed E-state index contributed by atoms with van der Waals surface area (Å²) >= 11 is 1.82. The van der Waals surface area contributed by atoms with E-state index in [0.717, 1.165) is 18.0 Å². The molecular weight excluding hydrogens is 374 g/mol. The summed E-state index contributed by atoms with van der Waals surface area (Å²) in [7, 11) is 0. The van der Waals surface area contributed by atoms with Gasteiger partial charge in [-0.15, -0.1) is 0 Å². The van der Waals surface area contributed by atoms with E-state index >= 15 is 0 Å². The van der Waals surface area contributed by atoms with Gasteiger partial charge in [0, 0.05) is 39.8 Å². The number of aromatic nitrogens is 1. The zero-order chi connectivity index (χ0) is 19.6. The highest BCUT2D eigenvalue weighted by Gasteiger charge is 2.43. The van der Waals surface area contributed by atoms with Crippen LogP contribution in [0.5, 0.6) is 0 Å². The monoisotopic (exact) mass is 401 g/mol. The van der Waals surface area contributed by atoms with Crippen molar-refractivity contribution >= 4 is 17.4 Å². The second-order valence-corrected chi connectivity index (χ2v) is 9.38. The number of nitrogens with two attached hydrogens (primary N) is 1. The zero-order valence-electron chi connectivity index (χ0n) is 16.6. The van der Waals surface area contributed by atoms with Crippen LogP contribution >= 0.6 is 11.8 Å². The van der Waals surface area contributed by atoms with E-state index < -0.39 is 0 Å². The van der Waals surface area contributed by atoms with E-state index in [0.29, 0.717) is 12.0 Å². The van der Waals surface area contributed by atoms with Crippen LogP contribution in [0.15, 0.2) is 82.8 Å². The summed E-state index contributed by atoms with van der Waals surface area (Å²) in [5.41, 5.74) is 10.2. The van der Waals surface area contributed by atoms with Gasteiger partial charge in [0.05, 0.1) is 0 Å². The predicted molar refractivity (Wildman–Crippen MR) is 120 cm³/mol. The number of fused-ring (bicyclic) bond motifs is 3. The lowest BCUT2D eigenvalue weighted by Gasteiger charge is -2.51. The number of benzene rings is 2. The first-order valence-electron chi connectivity index (χ1n) is 10.5. The third-order valence-corrected chi connectivity index (χ3v) is 7.53. The predicted octanol–water partition coefficient (Wildman–Crippen LogP) is 5.24. The van der Waals surface area contributed by atoms with Gasteiger partial charge in [0.25, 0.3) is 0 Å². The van der Waals surface area contributed by atoms with Gasteiger partial charge in [-0.3, -0.25) is 9.88 Å². The van der Waals surface area contributed by atoms with Crippen molar-refractivity contribution in [3.05, 3.63) is 84.2 Å². The summed E-state index contributed by atoms with van der Waals surface area (Å²) in [6.45, 7) is 2.43. The van der Waals surface area contributed by atoms with E-state index in [-0.39, 0.29) is 0 Å². The molecule has 2 N–H and O–H groups in total. The van der Waals surface area contributed by atoms with Crippen molar-refractivity contribution < 1.29 is 0 Å². The topological polar surface area (TPSA) is 42.1 Å². The second kappa shape index (κ2) is 8.21. The number of nitrogens with zero attached hydrogens (tertiary/aromatic N) is 2. The lowest BCUT2D eigenvalue weighted by molar-refractivity contribution is 0.0258. The first-order chi connectivity index (χ1) is 14.3. The molecule has 4 heteroatoms. The molecule has 1 aromatic heterocycles. The fourth-order valence-corrected chi connectivity index (χ4v) is 6.05. The average molecular weight is 402 g/mol. The fraction of sp³-hybridized carbons (Fsp3) is 0.320. The van der Waals surface area contributed by atoms with E-state index in [4.69, 9.17) is 5.73 Å². The smallest absolute Gasteiger partial charge is 0.0350 e. The van der Waals surface area contributed by atoms with Gasteiger partial charge < -0.3 is 5.73 Å². The first-order valence-corrected chi connectivity index (χ1v) is 11.3. The molecule has 6 rings (SSSR count). The molecule has 0 spiro atoms. The van der Waals surface area contributed by atoms with Gasteiger partial charge >= 0.3 is 0 Å². The van der Waals surface area contributed by atoms with Gasteiger partial charge in [-0.25, -0.2) is 0 Å². The first kappa shape index (κ1) is 18.7. The molecule has 2 unspecified atom stereocenters. The van der Waals surface area contributed by atoms with Crippen molar-refractivity contribution in [3.63, 3.8) is 0 Å². The quantitative estimate of drug-likeness (QED) is 0.594. The lowest BCUT2D eigenvalue weighted by atomic mass is 9.69. The van der Waals surface area contributed by atoms with E-state index in [1.807, 2.05) is 30.2 Å². The summed E-state index contributed by atoms with van der Waals surface area (Å²) in [5.74, 6) is 1.22. The highest BCUT2D eigenvalue weighted by molar-refractivity contribution is 7.99. The Kier molecular flexibility index (Phi) is 5.30. The summed E-state index contributed by atoms with van der Waals surface area (Å²) < 4.78 is 0. The number of piperidine rings is 3. The van der Waals surface area contributed by atoms with E-state index in [1.54, 1.807) is 0 Å². The Morgan fingerprint density at radius 3 is 2.55 bits per heavy atom. The molecule has 2 aromatic carbocycles. The third-order valence-electron chi connectivity index (χ3n) is 6.53. The standard InChI is InChI=1S/C25H27N3S/c26-23-9-8-21(29-20-6-2-1-3-7-20)16-22(23)25-19-10-13-28(14-11-19)24(25)15-18-5-4-12-27-17-18/h1-9,12,16-17,19,24-25H,10-11,13-15,26H2. The average Bonchev–Trinajstić information content (AvgIpc) is 2.78. The number of nitrogen functional groups attached to an aromatic ring is 1. The molecule has 148 valence electrons. The van der Waals surface area contributed by atoms with Crippen LogP contribution in [0.2, 0.25) is 0 Å². The maximum absolute atomic E-state index is 6.56. The molecule has 29 heavy (non-hydrogen) atoms. The Hall–Kier alpha value is -2.30. The minimum absolute atomic E-state index is 0.494. The SMILES string of the molecule is Nc1ccc(Sc2ccccc2)cc1C1C2CCN(CC2)C1Cc1cccnc1. The fourth-order valence-electron chi connectivity index (χ4n) is 5.16. The largest absolute Gasteiger partial charge is 0.398 e. The second-order valence-electron chi connectivity index (χ2n) is 8.24. The maximum Gasteiger partial charge on any atom is 0.0350 e. The number of pyridine rings is 1. The van der Waals surface area contributed by atoms with Crippen LogP contribution in [-0.4, -0.2) is 29.0 Å². The lowest BCUT2D eigenvalue weighted by Crippen LogP contribution is -2.54. The highest BCUT2D eigenvalue weighted by Crippen LogP contribution is 2.47. The minimum Gasteiger partial charge on any atom is -0.398 e. The number of rotatable bonds is 5. The Morgan fingerprint density at radius 1 is 0.966 bits per heavy atom. The van der Waals surface area contributed by atoms with Crippen LogP contribution in [0.4, 0.5) is 5.69 Å².